The molecule has 3 heterocycles. The average Bonchev–Trinajstić information content (AvgIpc) is 2.98. The van der Waals surface area contributed by atoms with Crippen LogP contribution in [-0.2, 0) is 6.42 Å². The molecule has 2 aromatic carbocycles. The number of anilines is 2. The standard InChI is InChI=1S/C26H28N4O/c1-19-6-7-23(18-24(19)20-8-13-27-14-9-20)29-15-11-22(12-16-29)30-17-10-21-4-2-3-5-25(21)28-26(30)31/h2-9,13-14,18,22H,10-12,15-17H2,1H3,(H,28,31). The van der Waals surface area contributed by atoms with Gasteiger partial charge in [-0.05, 0) is 78.8 Å². The van der Waals surface area contributed by atoms with Crippen LogP contribution in [0.3, 0.4) is 0 Å². The van der Waals surface area contributed by atoms with Gasteiger partial charge in [-0.1, -0.05) is 24.3 Å². The van der Waals surface area contributed by atoms with Crippen molar-refractivity contribution in [2.75, 3.05) is 29.9 Å². The lowest BCUT2D eigenvalue weighted by atomic mass is 9.98. The number of amides is 2. The van der Waals surface area contributed by atoms with Gasteiger partial charge in [-0.15, -0.1) is 0 Å². The molecule has 1 fully saturated rings. The van der Waals surface area contributed by atoms with Crippen molar-refractivity contribution in [3.63, 3.8) is 0 Å². The smallest absolute Gasteiger partial charge is 0.322 e. The van der Waals surface area contributed by atoms with Crippen LogP contribution in [0.1, 0.15) is 24.0 Å². The molecule has 1 N–H and O–H groups in total. The van der Waals surface area contributed by atoms with Gasteiger partial charge in [0.1, 0.15) is 0 Å². The number of aryl methyl sites for hydroxylation is 1. The number of para-hydroxylation sites is 1. The van der Waals surface area contributed by atoms with E-state index >= 15 is 0 Å². The highest BCUT2D eigenvalue weighted by Crippen LogP contribution is 2.31. The highest BCUT2D eigenvalue weighted by Gasteiger charge is 2.30. The minimum atomic E-state index is 0.0405. The van der Waals surface area contributed by atoms with Crippen molar-refractivity contribution in [1.29, 1.82) is 0 Å². The summed E-state index contributed by atoms with van der Waals surface area (Å²) < 4.78 is 0. The number of pyridine rings is 1. The Hall–Kier alpha value is -3.34. The highest BCUT2D eigenvalue weighted by atomic mass is 16.2. The molecule has 1 saturated heterocycles. The minimum Gasteiger partial charge on any atom is -0.371 e. The second-order valence-corrected chi connectivity index (χ2v) is 8.48. The monoisotopic (exact) mass is 412 g/mol. The third-order valence-electron chi connectivity index (χ3n) is 6.62. The van der Waals surface area contributed by atoms with Crippen molar-refractivity contribution in [1.82, 2.24) is 9.88 Å². The fraction of sp³-hybridized carbons (Fsp3) is 0.308. The third-order valence-corrected chi connectivity index (χ3v) is 6.62. The number of carbonyl (C=O) groups excluding carboxylic acids is 1. The molecular formula is C26H28N4O. The zero-order chi connectivity index (χ0) is 21.2. The maximum Gasteiger partial charge on any atom is 0.322 e. The summed E-state index contributed by atoms with van der Waals surface area (Å²) in [6.45, 7) is 4.85. The van der Waals surface area contributed by atoms with Gasteiger partial charge >= 0.3 is 6.03 Å². The first-order valence-electron chi connectivity index (χ1n) is 11.1. The van der Waals surface area contributed by atoms with Crippen molar-refractivity contribution in [2.45, 2.75) is 32.2 Å². The SMILES string of the molecule is Cc1ccc(N2CCC(N3CCc4ccccc4NC3=O)CC2)cc1-c1ccncc1. The van der Waals surface area contributed by atoms with Gasteiger partial charge in [-0.3, -0.25) is 4.98 Å². The third kappa shape index (κ3) is 4.00. The first kappa shape index (κ1) is 19.6. The van der Waals surface area contributed by atoms with Crippen LogP contribution in [0.15, 0.2) is 67.0 Å². The van der Waals surface area contributed by atoms with E-state index in [1.54, 1.807) is 0 Å². The Bertz CT molecular complexity index is 1070. The normalized spacial score (nSPS) is 17.1. The Morgan fingerprint density at radius 3 is 2.55 bits per heavy atom. The van der Waals surface area contributed by atoms with Gasteiger partial charge in [0, 0.05) is 49.4 Å². The number of nitrogens with one attached hydrogen (secondary N) is 1. The molecule has 5 nitrogen and oxygen atoms in total. The van der Waals surface area contributed by atoms with Gasteiger partial charge in [0.15, 0.2) is 0 Å². The first-order valence-corrected chi connectivity index (χ1v) is 11.1. The van der Waals surface area contributed by atoms with Gasteiger partial charge in [-0.2, -0.15) is 0 Å². The molecule has 31 heavy (non-hydrogen) atoms. The van der Waals surface area contributed by atoms with Crippen LogP contribution in [0.25, 0.3) is 11.1 Å². The number of nitrogens with zero attached hydrogens (tertiary/aromatic N) is 3. The Morgan fingerprint density at radius 2 is 1.74 bits per heavy atom. The zero-order valence-electron chi connectivity index (χ0n) is 17.9. The lowest BCUT2D eigenvalue weighted by molar-refractivity contribution is 0.177. The summed E-state index contributed by atoms with van der Waals surface area (Å²) in [6, 6.07) is 19.3. The van der Waals surface area contributed by atoms with E-state index in [9.17, 15) is 4.79 Å². The molecule has 0 unspecified atom stereocenters. The molecule has 2 aliphatic rings. The predicted molar refractivity (Wildman–Crippen MR) is 126 cm³/mol. The number of fused-ring (bicyclic) bond motifs is 1. The molecular weight excluding hydrogens is 384 g/mol. The molecule has 5 rings (SSSR count). The summed E-state index contributed by atoms with van der Waals surface area (Å²) in [5.41, 5.74) is 7.15. The van der Waals surface area contributed by atoms with Crippen molar-refractivity contribution in [3.8, 4) is 11.1 Å². The second kappa shape index (κ2) is 8.42. The van der Waals surface area contributed by atoms with E-state index < -0.39 is 0 Å². The van der Waals surface area contributed by atoms with Gasteiger partial charge < -0.3 is 15.1 Å². The number of urea groups is 1. The van der Waals surface area contributed by atoms with Gasteiger partial charge in [-0.25, -0.2) is 4.79 Å². The van der Waals surface area contributed by atoms with Crippen molar-refractivity contribution in [3.05, 3.63) is 78.1 Å². The molecule has 0 saturated carbocycles. The van der Waals surface area contributed by atoms with Crippen LogP contribution in [0.2, 0.25) is 0 Å². The fourth-order valence-electron chi connectivity index (χ4n) is 4.82. The largest absolute Gasteiger partial charge is 0.371 e. The molecule has 0 aliphatic carbocycles. The van der Waals surface area contributed by atoms with E-state index in [0.717, 1.165) is 44.6 Å². The van der Waals surface area contributed by atoms with E-state index in [0.29, 0.717) is 0 Å². The van der Waals surface area contributed by atoms with E-state index in [-0.39, 0.29) is 12.1 Å². The lowest BCUT2D eigenvalue weighted by Crippen LogP contribution is -2.48. The molecule has 2 amide bonds. The van der Waals surface area contributed by atoms with E-state index in [2.05, 4.69) is 63.4 Å². The van der Waals surface area contributed by atoms with Crippen molar-refractivity contribution < 1.29 is 4.79 Å². The molecule has 0 radical (unpaired) electrons. The van der Waals surface area contributed by atoms with E-state index in [4.69, 9.17) is 0 Å². The summed E-state index contributed by atoms with van der Waals surface area (Å²) in [7, 11) is 0. The number of rotatable bonds is 3. The molecule has 3 aromatic rings. The first-order chi connectivity index (χ1) is 15.2. The van der Waals surface area contributed by atoms with Crippen LogP contribution in [0.5, 0.6) is 0 Å². The fourth-order valence-corrected chi connectivity index (χ4v) is 4.82. The molecule has 5 heteroatoms. The van der Waals surface area contributed by atoms with Gasteiger partial charge in [0.05, 0.1) is 0 Å². The Morgan fingerprint density at radius 1 is 0.968 bits per heavy atom. The maximum atomic E-state index is 12.9. The summed E-state index contributed by atoms with van der Waals surface area (Å²) in [5, 5.41) is 3.11. The number of benzene rings is 2. The predicted octanol–water partition coefficient (Wildman–Crippen LogP) is 5.12. The number of hydrogen-bond donors (Lipinski definition) is 1. The molecule has 0 bridgehead atoms. The van der Waals surface area contributed by atoms with Gasteiger partial charge in [0.2, 0.25) is 0 Å². The lowest BCUT2D eigenvalue weighted by Gasteiger charge is -2.39. The minimum absolute atomic E-state index is 0.0405. The molecule has 0 atom stereocenters. The summed E-state index contributed by atoms with van der Waals surface area (Å²) in [5.74, 6) is 0. The Balaban J connectivity index is 1.27. The van der Waals surface area contributed by atoms with Crippen molar-refractivity contribution in [2.24, 2.45) is 0 Å². The zero-order valence-corrected chi connectivity index (χ0v) is 17.9. The van der Waals surface area contributed by atoms with Crippen LogP contribution < -0.4 is 10.2 Å². The molecule has 1 aromatic heterocycles. The van der Waals surface area contributed by atoms with Crippen LogP contribution >= 0.6 is 0 Å². The van der Waals surface area contributed by atoms with Crippen LogP contribution in [0.4, 0.5) is 16.2 Å². The molecule has 2 aliphatic heterocycles. The number of aromatic nitrogens is 1. The van der Waals surface area contributed by atoms with Crippen LogP contribution in [0, 0.1) is 6.92 Å². The summed E-state index contributed by atoms with van der Waals surface area (Å²) >= 11 is 0. The molecule has 158 valence electrons. The summed E-state index contributed by atoms with van der Waals surface area (Å²) in [4.78, 5) is 21.5. The van der Waals surface area contributed by atoms with Crippen LogP contribution in [-0.4, -0.2) is 41.6 Å². The van der Waals surface area contributed by atoms with E-state index in [1.807, 2.05) is 30.6 Å². The quantitative estimate of drug-likeness (QED) is 0.650. The average molecular weight is 413 g/mol. The number of piperidine rings is 1. The Kier molecular flexibility index (Phi) is 5.33. The molecule has 0 spiro atoms. The highest BCUT2D eigenvalue weighted by molar-refractivity contribution is 5.91. The topological polar surface area (TPSA) is 48.5 Å². The maximum absolute atomic E-state index is 12.9. The van der Waals surface area contributed by atoms with Gasteiger partial charge in [0.25, 0.3) is 0 Å². The Labute approximate surface area is 183 Å². The number of carbonyl (C=O) groups is 1. The number of hydrogen-bond acceptors (Lipinski definition) is 3. The van der Waals surface area contributed by atoms with E-state index in [1.165, 1.54) is 27.9 Å². The second-order valence-electron chi connectivity index (χ2n) is 8.48. The van der Waals surface area contributed by atoms with Crippen molar-refractivity contribution >= 4 is 17.4 Å². The summed E-state index contributed by atoms with van der Waals surface area (Å²) in [6.07, 6.45) is 6.57.